The van der Waals surface area contributed by atoms with E-state index in [1.807, 2.05) is 48.2 Å². The normalized spacial score (nSPS) is 15.5. The number of hydrogen-bond donors (Lipinski definition) is 2. The van der Waals surface area contributed by atoms with Gasteiger partial charge in [0.1, 0.15) is 5.82 Å². The van der Waals surface area contributed by atoms with Crippen molar-refractivity contribution in [2.45, 2.75) is 104 Å². The molecule has 1 atom stereocenters. The molecule has 8 nitrogen and oxygen atoms in total. The maximum absolute atomic E-state index is 13.4. The molecule has 3 rings (SSSR count). The predicted molar refractivity (Wildman–Crippen MR) is 168 cm³/mol. The van der Waals surface area contributed by atoms with Crippen molar-refractivity contribution in [2.75, 3.05) is 24.3 Å². The van der Waals surface area contributed by atoms with Gasteiger partial charge in [-0.1, -0.05) is 37.6 Å². The average molecular weight is 580 g/mol. The van der Waals surface area contributed by atoms with Crippen molar-refractivity contribution in [1.82, 2.24) is 4.90 Å². The largest absolute Gasteiger partial charge is 0.419 e. The lowest BCUT2D eigenvalue weighted by Crippen LogP contribution is -2.45. The molecule has 1 aliphatic rings. The Balaban J connectivity index is 2.07. The van der Waals surface area contributed by atoms with Gasteiger partial charge in [-0.05, 0) is 88.3 Å². The van der Waals surface area contributed by atoms with Crippen molar-refractivity contribution in [1.29, 1.82) is 0 Å². The molecule has 0 spiro atoms. The second-order valence-corrected chi connectivity index (χ2v) is 12.6. The highest BCUT2D eigenvalue weighted by atomic mass is 16.7. The number of hydrogen-bond acceptors (Lipinski definition) is 8. The summed E-state index contributed by atoms with van der Waals surface area (Å²) >= 11 is 0. The summed E-state index contributed by atoms with van der Waals surface area (Å²) < 4.78 is 11.1. The van der Waals surface area contributed by atoms with Crippen molar-refractivity contribution in [3.63, 3.8) is 0 Å². The number of carbonyl (C=O) groups excluding carboxylic acids is 2. The molecule has 230 valence electrons. The van der Waals surface area contributed by atoms with Gasteiger partial charge >= 0.3 is 11.9 Å². The lowest BCUT2D eigenvalue weighted by atomic mass is 9.98. The SMILES string of the molecule is CCCCc1ccc(CN(C(Nc2ccc(N(C)C)cc2)=C2C(=O)OC(C)(C)OC2=O)C(C)CCCC(C)(C)O)cc1. The van der Waals surface area contributed by atoms with E-state index < -0.39 is 23.3 Å². The first kappa shape index (κ1) is 33.0. The lowest BCUT2D eigenvalue weighted by Gasteiger charge is -2.37. The van der Waals surface area contributed by atoms with Crippen LogP contribution in [-0.4, -0.2) is 53.5 Å². The Morgan fingerprint density at radius 2 is 1.52 bits per heavy atom. The van der Waals surface area contributed by atoms with Crippen LogP contribution in [0.5, 0.6) is 0 Å². The van der Waals surface area contributed by atoms with Crippen LogP contribution in [0, 0.1) is 0 Å². The topological polar surface area (TPSA) is 91.3 Å². The number of benzene rings is 2. The van der Waals surface area contributed by atoms with Crippen LogP contribution in [0.4, 0.5) is 11.4 Å². The molecular weight excluding hydrogens is 530 g/mol. The van der Waals surface area contributed by atoms with Crippen LogP contribution >= 0.6 is 0 Å². The van der Waals surface area contributed by atoms with E-state index in [2.05, 4.69) is 43.4 Å². The number of cyclic esters (lactones) is 2. The van der Waals surface area contributed by atoms with Gasteiger partial charge in [-0.3, -0.25) is 0 Å². The summed E-state index contributed by atoms with van der Waals surface area (Å²) in [5.41, 5.74) is 3.12. The van der Waals surface area contributed by atoms with E-state index in [0.29, 0.717) is 18.8 Å². The van der Waals surface area contributed by atoms with Crippen LogP contribution in [0.25, 0.3) is 0 Å². The van der Waals surface area contributed by atoms with Gasteiger partial charge in [-0.15, -0.1) is 0 Å². The summed E-state index contributed by atoms with van der Waals surface area (Å²) in [6.07, 6.45) is 5.42. The Hall–Kier alpha value is -3.52. The molecule has 1 fully saturated rings. The Bertz CT molecular complexity index is 1210. The van der Waals surface area contributed by atoms with Gasteiger partial charge in [0, 0.05) is 51.9 Å². The molecule has 0 saturated carbocycles. The molecule has 1 heterocycles. The summed E-state index contributed by atoms with van der Waals surface area (Å²) in [5.74, 6) is -2.48. The highest BCUT2D eigenvalue weighted by Gasteiger charge is 2.42. The van der Waals surface area contributed by atoms with Crippen LogP contribution in [-0.2, 0) is 32.0 Å². The van der Waals surface area contributed by atoms with Gasteiger partial charge in [-0.2, -0.15) is 0 Å². The summed E-state index contributed by atoms with van der Waals surface area (Å²) in [5, 5.41) is 13.7. The number of anilines is 2. The molecule has 2 aromatic carbocycles. The van der Waals surface area contributed by atoms with E-state index in [-0.39, 0.29) is 11.6 Å². The minimum Gasteiger partial charge on any atom is -0.419 e. The monoisotopic (exact) mass is 579 g/mol. The van der Waals surface area contributed by atoms with Crippen LogP contribution in [0.2, 0.25) is 0 Å². The maximum atomic E-state index is 13.4. The number of aryl methyl sites for hydroxylation is 1. The lowest BCUT2D eigenvalue weighted by molar-refractivity contribution is -0.222. The molecule has 1 saturated heterocycles. The van der Waals surface area contributed by atoms with Crippen LogP contribution in [0.3, 0.4) is 0 Å². The number of rotatable bonds is 14. The zero-order valence-electron chi connectivity index (χ0n) is 26.6. The van der Waals surface area contributed by atoms with Gasteiger partial charge in [0.05, 0.1) is 5.60 Å². The van der Waals surface area contributed by atoms with Gasteiger partial charge in [0.25, 0.3) is 5.79 Å². The van der Waals surface area contributed by atoms with Crippen molar-refractivity contribution in [2.24, 2.45) is 0 Å². The van der Waals surface area contributed by atoms with Crippen molar-refractivity contribution < 1.29 is 24.2 Å². The third-order valence-corrected chi connectivity index (χ3v) is 7.39. The molecule has 0 bridgehead atoms. The summed E-state index contributed by atoms with van der Waals surface area (Å²) in [6.45, 7) is 11.4. The van der Waals surface area contributed by atoms with Crippen molar-refractivity contribution >= 4 is 23.3 Å². The van der Waals surface area contributed by atoms with Gasteiger partial charge in [0.15, 0.2) is 5.57 Å². The molecule has 2 N–H and O–H groups in total. The smallest absolute Gasteiger partial charge is 0.352 e. The first-order valence-electron chi connectivity index (χ1n) is 15.0. The summed E-state index contributed by atoms with van der Waals surface area (Å²) in [4.78, 5) is 30.8. The molecule has 42 heavy (non-hydrogen) atoms. The van der Waals surface area contributed by atoms with E-state index >= 15 is 0 Å². The van der Waals surface area contributed by atoms with E-state index in [4.69, 9.17) is 9.47 Å². The minimum atomic E-state index is -1.35. The molecule has 0 amide bonds. The Morgan fingerprint density at radius 1 is 0.952 bits per heavy atom. The van der Waals surface area contributed by atoms with E-state index in [9.17, 15) is 14.7 Å². The van der Waals surface area contributed by atoms with Gasteiger partial charge in [-0.25, -0.2) is 9.59 Å². The molecule has 2 aromatic rings. The summed E-state index contributed by atoms with van der Waals surface area (Å²) in [7, 11) is 3.94. The molecule has 8 heteroatoms. The zero-order chi connectivity index (χ0) is 31.1. The number of esters is 2. The van der Waals surface area contributed by atoms with Crippen LogP contribution in [0.1, 0.15) is 84.8 Å². The van der Waals surface area contributed by atoms with Crippen molar-refractivity contribution in [3.8, 4) is 0 Å². The number of aliphatic hydroxyl groups is 1. The number of ether oxygens (including phenoxy) is 2. The highest BCUT2D eigenvalue weighted by Crippen LogP contribution is 2.31. The van der Waals surface area contributed by atoms with Crippen molar-refractivity contribution in [3.05, 3.63) is 71.1 Å². The quantitative estimate of drug-likeness (QED) is 0.151. The van der Waals surface area contributed by atoms with E-state index in [0.717, 1.165) is 49.0 Å². The summed E-state index contributed by atoms with van der Waals surface area (Å²) in [6, 6.07) is 16.2. The highest BCUT2D eigenvalue weighted by molar-refractivity contribution is 6.16. The van der Waals surface area contributed by atoms with E-state index in [1.165, 1.54) is 5.56 Å². The average Bonchev–Trinajstić information content (AvgIpc) is 2.89. The third kappa shape index (κ3) is 9.51. The zero-order valence-corrected chi connectivity index (χ0v) is 26.6. The fraction of sp³-hybridized carbons (Fsp3) is 0.529. The van der Waals surface area contributed by atoms with Gasteiger partial charge in [0.2, 0.25) is 0 Å². The first-order chi connectivity index (χ1) is 19.7. The fourth-order valence-electron chi connectivity index (χ4n) is 4.93. The molecule has 0 aliphatic carbocycles. The number of carbonyl (C=O) groups is 2. The second-order valence-electron chi connectivity index (χ2n) is 12.6. The Morgan fingerprint density at radius 3 is 2.05 bits per heavy atom. The Kier molecular flexibility index (Phi) is 11.1. The second kappa shape index (κ2) is 14.1. The molecular formula is C34H49N3O5. The predicted octanol–water partition coefficient (Wildman–Crippen LogP) is 6.39. The third-order valence-electron chi connectivity index (χ3n) is 7.39. The number of nitrogens with zero attached hydrogens (tertiary/aromatic N) is 2. The van der Waals surface area contributed by atoms with Crippen LogP contribution in [0.15, 0.2) is 59.9 Å². The van der Waals surface area contributed by atoms with Gasteiger partial charge < -0.3 is 29.7 Å². The molecule has 1 aliphatic heterocycles. The first-order valence-corrected chi connectivity index (χ1v) is 15.0. The Labute approximate surface area is 251 Å². The molecule has 0 aromatic heterocycles. The van der Waals surface area contributed by atoms with E-state index in [1.54, 1.807) is 27.7 Å². The molecule has 0 radical (unpaired) electrons. The maximum Gasteiger partial charge on any atom is 0.352 e. The minimum absolute atomic E-state index is 0.0984. The molecule has 1 unspecified atom stereocenters. The number of nitrogens with one attached hydrogen (secondary N) is 1. The fourth-order valence-corrected chi connectivity index (χ4v) is 4.93. The van der Waals surface area contributed by atoms with Crippen LogP contribution < -0.4 is 10.2 Å². The number of unbranched alkanes of at least 4 members (excludes halogenated alkanes) is 1. The standard InChI is InChI=1S/C34H49N3O5/c1-9-10-13-25-14-16-26(17-15-25)23-37(24(2)12-11-22-33(3,4)40)30(29-31(38)41-34(5,6)42-32(29)39)35-27-18-20-28(21-19-27)36(7)8/h14-21,24,35,40H,9-13,22-23H2,1-8H3.